The molecule has 3 amide bonds. The summed E-state index contributed by atoms with van der Waals surface area (Å²) in [6.07, 6.45) is 4.96. The second-order valence-corrected chi connectivity index (χ2v) is 7.97. The summed E-state index contributed by atoms with van der Waals surface area (Å²) in [4.78, 5) is 27.3. The van der Waals surface area contributed by atoms with Crippen LogP contribution in [0.5, 0.6) is 5.75 Å². The average molecular weight is 424 g/mol. The number of methoxy groups -OCH3 is 1. The fraction of sp³-hybridized carbons (Fsp3) is 0.600. The fourth-order valence-corrected chi connectivity index (χ4v) is 3.86. The number of urea groups is 1. The van der Waals surface area contributed by atoms with Crippen molar-refractivity contribution in [3.05, 3.63) is 23.8 Å². The molecule has 1 aromatic carbocycles. The SMILES string of the molecule is CCCCCC(C)N(C(=O)NC)C(=O)C1(c2ccc(OC)c(N=S(=O)=O)c2)CC1. The topological polar surface area (TPSA) is 105 Å². The lowest BCUT2D eigenvalue weighted by Crippen LogP contribution is -2.51. The first kappa shape index (κ1) is 22.9. The number of carbonyl (C=O) groups is 2. The van der Waals surface area contributed by atoms with Crippen molar-refractivity contribution in [2.45, 2.75) is 63.8 Å². The van der Waals surface area contributed by atoms with Gasteiger partial charge in [-0.05, 0) is 43.9 Å². The molecule has 0 aliphatic heterocycles. The lowest BCUT2D eigenvalue weighted by Gasteiger charge is -2.31. The first-order chi connectivity index (χ1) is 13.8. The van der Waals surface area contributed by atoms with E-state index in [1.165, 1.54) is 19.1 Å². The molecule has 1 aliphatic carbocycles. The van der Waals surface area contributed by atoms with Gasteiger partial charge in [0.05, 0.1) is 12.5 Å². The van der Waals surface area contributed by atoms with Crippen LogP contribution in [0.1, 0.15) is 57.9 Å². The van der Waals surface area contributed by atoms with Crippen LogP contribution in [0.15, 0.2) is 22.6 Å². The normalized spacial score (nSPS) is 15.2. The van der Waals surface area contributed by atoms with Crippen LogP contribution in [0.4, 0.5) is 10.5 Å². The van der Waals surface area contributed by atoms with Gasteiger partial charge in [0, 0.05) is 13.1 Å². The molecule has 1 atom stereocenters. The summed E-state index contributed by atoms with van der Waals surface area (Å²) in [5.74, 6) is 0.0394. The summed E-state index contributed by atoms with van der Waals surface area (Å²) in [5, 5.41) is 2.57. The molecular formula is C20H29N3O5S. The van der Waals surface area contributed by atoms with Gasteiger partial charge in [-0.1, -0.05) is 32.3 Å². The van der Waals surface area contributed by atoms with Gasteiger partial charge in [0.15, 0.2) is 0 Å². The monoisotopic (exact) mass is 423 g/mol. The van der Waals surface area contributed by atoms with Gasteiger partial charge in [-0.15, -0.1) is 4.36 Å². The van der Waals surface area contributed by atoms with E-state index in [0.29, 0.717) is 24.2 Å². The maximum atomic E-state index is 13.5. The number of carbonyl (C=O) groups excluding carboxylic acids is 2. The highest BCUT2D eigenvalue weighted by Crippen LogP contribution is 2.51. The van der Waals surface area contributed by atoms with Gasteiger partial charge in [-0.2, -0.15) is 8.42 Å². The first-order valence-corrected chi connectivity index (χ1v) is 10.9. The zero-order valence-corrected chi connectivity index (χ0v) is 18.2. The Kier molecular flexibility index (Phi) is 7.78. The molecule has 0 bridgehead atoms. The molecule has 1 fully saturated rings. The second-order valence-electron chi connectivity index (χ2n) is 7.35. The van der Waals surface area contributed by atoms with Gasteiger partial charge in [-0.25, -0.2) is 4.79 Å². The van der Waals surface area contributed by atoms with Crippen molar-refractivity contribution >= 4 is 28.1 Å². The Morgan fingerprint density at radius 1 is 1.31 bits per heavy atom. The number of amides is 3. The van der Waals surface area contributed by atoms with E-state index < -0.39 is 21.9 Å². The van der Waals surface area contributed by atoms with Crippen molar-refractivity contribution in [3.8, 4) is 5.75 Å². The smallest absolute Gasteiger partial charge is 0.324 e. The van der Waals surface area contributed by atoms with E-state index in [1.807, 2.05) is 6.92 Å². The summed E-state index contributed by atoms with van der Waals surface area (Å²) in [5.41, 5.74) is -0.0611. The van der Waals surface area contributed by atoms with Crippen molar-refractivity contribution in [1.29, 1.82) is 0 Å². The number of unbranched alkanes of at least 4 members (excludes halogenated alkanes) is 2. The lowest BCUT2D eigenvalue weighted by atomic mass is 9.92. The Morgan fingerprint density at radius 2 is 2.00 bits per heavy atom. The molecule has 0 radical (unpaired) electrons. The Bertz CT molecular complexity index is 885. The molecule has 0 saturated heterocycles. The minimum Gasteiger partial charge on any atom is -0.494 e. The maximum Gasteiger partial charge on any atom is 0.324 e. The molecule has 0 heterocycles. The van der Waals surface area contributed by atoms with Crippen LogP contribution in [0.2, 0.25) is 0 Å². The highest BCUT2D eigenvalue weighted by molar-refractivity contribution is 7.61. The van der Waals surface area contributed by atoms with E-state index in [4.69, 9.17) is 4.74 Å². The lowest BCUT2D eigenvalue weighted by molar-refractivity contribution is -0.132. The number of nitrogens with one attached hydrogen (secondary N) is 1. The average Bonchev–Trinajstić information content (AvgIpc) is 3.49. The Labute approximate surface area is 173 Å². The van der Waals surface area contributed by atoms with E-state index in [0.717, 1.165) is 25.7 Å². The number of ether oxygens (including phenoxy) is 1. The van der Waals surface area contributed by atoms with Gasteiger partial charge in [0.25, 0.3) is 0 Å². The highest BCUT2D eigenvalue weighted by atomic mass is 32.2. The largest absolute Gasteiger partial charge is 0.494 e. The van der Waals surface area contributed by atoms with E-state index in [1.54, 1.807) is 18.2 Å². The number of imide groups is 1. The zero-order chi connectivity index (χ0) is 21.6. The Balaban J connectivity index is 2.39. The van der Waals surface area contributed by atoms with Crippen LogP contribution in [0, 0.1) is 0 Å². The van der Waals surface area contributed by atoms with Crippen molar-refractivity contribution in [2.24, 2.45) is 4.36 Å². The van der Waals surface area contributed by atoms with Crippen molar-refractivity contribution in [2.75, 3.05) is 14.2 Å². The number of hydrogen-bond donors (Lipinski definition) is 1. The predicted octanol–water partition coefficient (Wildman–Crippen LogP) is 3.56. The van der Waals surface area contributed by atoms with Crippen LogP contribution in [0.25, 0.3) is 0 Å². The molecule has 1 saturated carbocycles. The molecule has 160 valence electrons. The van der Waals surface area contributed by atoms with Crippen LogP contribution in [-0.4, -0.2) is 45.5 Å². The van der Waals surface area contributed by atoms with Crippen LogP contribution in [-0.2, 0) is 20.7 Å². The van der Waals surface area contributed by atoms with Gasteiger partial charge in [0.1, 0.15) is 11.4 Å². The summed E-state index contributed by atoms with van der Waals surface area (Å²) in [7, 11) is 0.283. The molecule has 0 spiro atoms. The minimum atomic E-state index is -2.65. The van der Waals surface area contributed by atoms with Gasteiger partial charge in [-0.3, -0.25) is 9.69 Å². The third-order valence-corrected chi connectivity index (χ3v) is 5.73. The highest BCUT2D eigenvalue weighted by Gasteiger charge is 2.55. The van der Waals surface area contributed by atoms with E-state index in [2.05, 4.69) is 16.6 Å². The molecule has 1 N–H and O–H groups in total. The van der Waals surface area contributed by atoms with Crippen molar-refractivity contribution in [3.63, 3.8) is 0 Å². The van der Waals surface area contributed by atoms with Gasteiger partial charge in [0.2, 0.25) is 5.91 Å². The number of hydrogen-bond acceptors (Lipinski definition) is 6. The van der Waals surface area contributed by atoms with Gasteiger partial charge >= 0.3 is 16.5 Å². The molecule has 1 aliphatic rings. The first-order valence-electron chi connectivity index (χ1n) is 9.85. The standard InChI is InChI=1S/C20H29N3O5S/c1-5-6-7-8-14(2)23(19(25)21-3)18(24)20(11-12-20)15-9-10-17(28-4)16(13-15)22-29(26)27/h9-10,13-14H,5-8,11-12H2,1-4H3,(H,21,25). The fourth-order valence-electron chi connectivity index (χ4n) is 3.55. The van der Waals surface area contributed by atoms with Crippen molar-refractivity contribution < 1.29 is 22.7 Å². The minimum absolute atomic E-state index is 0.139. The van der Waals surface area contributed by atoms with E-state index in [9.17, 15) is 18.0 Å². The molecule has 1 unspecified atom stereocenters. The second kappa shape index (κ2) is 9.87. The van der Waals surface area contributed by atoms with Gasteiger partial charge < -0.3 is 10.1 Å². The maximum absolute atomic E-state index is 13.5. The molecule has 9 heteroatoms. The molecule has 8 nitrogen and oxygen atoms in total. The molecule has 2 rings (SSSR count). The molecule has 1 aromatic rings. The van der Waals surface area contributed by atoms with Crippen molar-refractivity contribution in [1.82, 2.24) is 10.2 Å². The number of nitrogens with zero attached hydrogens (tertiary/aromatic N) is 2. The predicted molar refractivity (Wildman–Crippen MR) is 110 cm³/mol. The Hall–Kier alpha value is -2.42. The van der Waals surface area contributed by atoms with Crippen LogP contribution < -0.4 is 10.1 Å². The van der Waals surface area contributed by atoms with Crippen LogP contribution in [0.3, 0.4) is 0 Å². The van der Waals surface area contributed by atoms with Crippen LogP contribution >= 0.6 is 0 Å². The quantitative estimate of drug-likeness (QED) is 0.612. The summed E-state index contributed by atoms with van der Waals surface area (Å²) in [6.45, 7) is 3.99. The Morgan fingerprint density at radius 3 is 2.52 bits per heavy atom. The van der Waals surface area contributed by atoms with E-state index in [-0.39, 0.29) is 17.6 Å². The third kappa shape index (κ3) is 5.14. The summed E-state index contributed by atoms with van der Waals surface area (Å²) in [6, 6.07) is 4.24. The zero-order valence-electron chi connectivity index (χ0n) is 17.4. The third-order valence-electron chi connectivity index (χ3n) is 5.38. The molecular weight excluding hydrogens is 394 g/mol. The molecule has 0 aromatic heterocycles. The molecule has 29 heavy (non-hydrogen) atoms. The van der Waals surface area contributed by atoms with E-state index >= 15 is 0 Å². The summed E-state index contributed by atoms with van der Waals surface area (Å²) >= 11 is 0. The number of benzene rings is 1. The number of rotatable bonds is 9. The summed E-state index contributed by atoms with van der Waals surface area (Å²) < 4.78 is 30.8.